The van der Waals surface area contributed by atoms with Gasteiger partial charge in [0.05, 0.1) is 14.2 Å². The number of Topliss-reactive ketones (excluding diaryl/α,β-unsaturated/α-hetero) is 1. The van der Waals surface area contributed by atoms with Crippen molar-refractivity contribution in [2.75, 3.05) is 14.2 Å². The quantitative estimate of drug-likeness (QED) is 0.629. The number of hydrogen-bond acceptors (Lipinski definition) is 5. The minimum absolute atomic E-state index is 0.279. The SMILES string of the molecule is COc1ccc(OC)c2c1CC[C@@](OC(C)=O)(C(C)=O)[C@H]2Cl. The first-order valence-corrected chi connectivity index (χ1v) is 7.39. The first-order chi connectivity index (χ1) is 10.4. The van der Waals surface area contributed by atoms with E-state index in [4.69, 9.17) is 25.8 Å². The predicted molar refractivity (Wildman–Crippen MR) is 81.6 cm³/mol. The zero-order valence-electron chi connectivity index (χ0n) is 13.1. The van der Waals surface area contributed by atoms with Gasteiger partial charge in [0.25, 0.3) is 0 Å². The molecule has 0 aromatic heterocycles. The average Bonchev–Trinajstić information content (AvgIpc) is 2.48. The van der Waals surface area contributed by atoms with Crippen LogP contribution in [0.25, 0.3) is 0 Å². The van der Waals surface area contributed by atoms with Gasteiger partial charge < -0.3 is 14.2 Å². The summed E-state index contributed by atoms with van der Waals surface area (Å²) in [6, 6.07) is 3.53. The van der Waals surface area contributed by atoms with Crippen LogP contribution in [0.3, 0.4) is 0 Å². The Kier molecular flexibility index (Phi) is 4.66. The lowest BCUT2D eigenvalue weighted by Gasteiger charge is -2.40. The molecule has 0 N–H and O–H groups in total. The Balaban J connectivity index is 2.63. The topological polar surface area (TPSA) is 61.8 Å². The molecule has 0 saturated carbocycles. The molecule has 22 heavy (non-hydrogen) atoms. The zero-order chi connectivity index (χ0) is 16.5. The summed E-state index contributed by atoms with van der Waals surface area (Å²) in [5.41, 5.74) is 0.150. The Bertz CT molecular complexity index is 613. The molecule has 0 bridgehead atoms. The maximum Gasteiger partial charge on any atom is 0.303 e. The van der Waals surface area contributed by atoms with Crippen LogP contribution in [-0.4, -0.2) is 31.6 Å². The van der Waals surface area contributed by atoms with Gasteiger partial charge in [-0.05, 0) is 25.5 Å². The zero-order valence-corrected chi connectivity index (χ0v) is 13.8. The highest BCUT2D eigenvalue weighted by Crippen LogP contribution is 2.50. The number of carbonyl (C=O) groups excluding carboxylic acids is 2. The molecule has 1 aliphatic carbocycles. The number of benzene rings is 1. The van der Waals surface area contributed by atoms with E-state index in [2.05, 4.69) is 0 Å². The normalized spacial score (nSPS) is 23.4. The summed E-state index contributed by atoms with van der Waals surface area (Å²) in [6.07, 6.45) is 0.818. The maximum absolute atomic E-state index is 12.2. The number of rotatable bonds is 4. The molecular weight excluding hydrogens is 308 g/mol. The average molecular weight is 327 g/mol. The number of esters is 1. The molecule has 0 radical (unpaired) electrons. The van der Waals surface area contributed by atoms with Gasteiger partial charge in [0.15, 0.2) is 11.4 Å². The van der Waals surface area contributed by atoms with Crippen molar-refractivity contribution < 1.29 is 23.8 Å². The van der Waals surface area contributed by atoms with Crippen molar-refractivity contribution >= 4 is 23.4 Å². The number of ether oxygens (including phenoxy) is 3. The monoisotopic (exact) mass is 326 g/mol. The van der Waals surface area contributed by atoms with Crippen molar-refractivity contribution in [1.82, 2.24) is 0 Å². The van der Waals surface area contributed by atoms with Crippen molar-refractivity contribution in [2.24, 2.45) is 0 Å². The van der Waals surface area contributed by atoms with Crippen LogP contribution in [-0.2, 0) is 20.7 Å². The first kappa shape index (κ1) is 16.6. The van der Waals surface area contributed by atoms with Gasteiger partial charge in [-0.2, -0.15) is 0 Å². The highest BCUT2D eigenvalue weighted by molar-refractivity contribution is 6.24. The summed E-state index contributed by atoms with van der Waals surface area (Å²) in [4.78, 5) is 23.7. The first-order valence-electron chi connectivity index (χ1n) is 6.95. The second-order valence-electron chi connectivity index (χ2n) is 5.26. The Morgan fingerprint density at radius 3 is 2.27 bits per heavy atom. The van der Waals surface area contributed by atoms with Crippen molar-refractivity contribution in [3.63, 3.8) is 0 Å². The maximum atomic E-state index is 12.2. The van der Waals surface area contributed by atoms with Gasteiger partial charge in [-0.25, -0.2) is 0 Å². The summed E-state index contributed by atoms with van der Waals surface area (Å²) in [5, 5.41) is -0.831. The summed E-state index contributed by atoms with van der Waals surface area (Å²) < 4.78 is 16.1. The van der Waals surface area contributed by atoms with E-state index in [1.807, 2.05) is 0 Å². The van der Waals surface area contributed by atoms with Crippen molar-refractivity contribution in [3.05, 3.63) is 23.3 Å². The molecule has 2 rings (SSSR count). The lowest BCUT2D eigenvalue weighted by atomic mass is 9.77. The third-order valence-corrected chi connectivity index (χ3v) is 4.62. The molecule has 1 aromatic rings. The van der Waals surface area contributed by atoms with E-state index in [0.29, 0.717) is 29.9 Å². The lowest BCUT2D eigenvalue weighted by molar-refractivity contribution is -0.166. The third-order valence-electron chi connectivity index (χ3n) is 4.04. The summed E-state index contributed by atoms with van der Waals surface area (Å²) in [6.45, 7) is 2.66. The summed E-state index contributed by atoms with van der Waals surface area (Å²) in [7, 11) is 3.10. The van der Waals surface area contributed by atoms with Crippen LogP contribution in [0, 0.1) is 0 Å². The molecule has 6 heteroatoms. The van der Waals surface area contributed by atoms with E-state index < -0.39 is 16.9 Å². The molecule has 1 aliphatic rings. The molecule has 0 amide bonds. The number of halogens is 1. The fourth-order valence-corrected chi connectivity index (χ4v) is 3.53. The molecule has 2 atom stereocenters. The minimum atomic E-state index is -1.37. The van der Waals surface area contributed by atoms with Gasteiger partial charge in [0.2, 0.25) is 0 Å². The number of methoxy groups -OCH3 is 2. The van der Waals surface area contributed by atoms with Crippen LogP contribution in [0.4, 0.5) is 0 Å². The van der Waals surface area contributed by atoms with E-state index >= 15 is 0 Å². The number of ketones is 1. The van der Waals surface area contributed by atoms with Gasteiger partial charge >= 0.3 is 5.97 Å². The van der Waals surface area contributed by atoms with E-state index in [-0.39, 0.29) is 5.78 Å². The van der Waals surface area contributed by atoms with Gasteiger partial charge in [-0.15, -0.1) is 11.6 Å². The Morgan fingerprint density at radius 2 is 1.77 bits per heavy atom. The molecule has 0 aliphatic heterocycles. The predicted octanol–water partition coefficient (Wildman–Crippen LogP) is 2.82. The number of alkyl halides is 1. The molecule has 120 valence electrons. The highest BCUT2D eigenvalue weighted by Gasteiger charge is 2.51. The second-order valence-corrected chi connectivity index (χ2v) is 5.70. The van der Waals surface area contributed by atoms with Crippen molar-refractivity contribution in [2.45, 2.75) is 37.7 Å². The van der Waals surface area contributed by atoms with E-state index in [1.54, 1.807) is 19.2 Å². The van der Waals surface area contributed by atoms with E-state index in [9.17, 15) is 9.59 Å². The van der Waals surface area contributed by atoms with Gasteiger partial charge in [0.1, 0.15) is 16.9 Å². The molecule has 0 fully saturated rings. The van der Waals surface area contributed by atoms with Crippen LogP contribution < -0.4 is 9.47 Å². The lowest BCUT2D eigenvalue weighted by Crippen LogP contribution is -2.48. The van der Waals surface area contributed by atoms with Crippen LogP contribution in [0.15, 0.2) is 12.1 Å². The minimum Gasteiger partial charge on any atom is -0.496 e. The molecule has 0 spiro atoms. The van der Waals surface area contributed by atoms with E-state index in [1.165, 1.54) is 21.0 Å². The van der Waals surface area contributed by atoms with Crippen molar-refractivity contribution in [3.8, 4) is 11.5 Å². The number of carbonyl (C=O) groups is 2. The van der Waals surface area contributed by atoms with Gasteiger partial charge in [0, 0.05) is 24.5 Å². The smallest absolute Gasteiger partial charge is 0.303 e. The van der Waals surface area contributed by atoms with Crippen LogP contribution >= 0.6 is 11.6 Å². The van der Waals surface area contributed by atoms with Crippen molar-refractivity contribution in [1.29, 1.82) is 0 Å². The van der Waals surface area contributed by atoms with Crippen LogP contribution in [0.5, 0.6) is 11.5 Å². The summed E-state index contributed by atoms with van der Waals surface area (Å²) in [5.74, 6) is 0.416. The molecule has 0 unspecified atom stereocenters. The number of hydrogen-bond donors (Lipinski definition) is 0. The molecule has 0 saturated heterocycles. The fourth-order valence-electron chi connectivity index (χ4n) is 2.98. The molecular formula is C16H19ClO5. The standard InChI is InChI=1S/C16H19ClO5/c1-9(18)16(22-10(2)19)8-7-11-12(20-3)5-6-13(21-4)14(11)15(16)17/h5-6,15H,7-8H2,1-4H3/t15-,16+/m0/s1. The fraction of sp³-hybridized carbons (Fsp3) is 0.500. The van der Waals surface area contributed by atoms with E-state index in [0.717, 1.165) is 5.56 Å². The van der Waals surface area contributed by atoms with Gasteiger partial charge in [-0.3, -0.25) is 9.59 Å². The Hall–Kier alpha value is -1.75. The van der Waals surface area contributed by atoms with Crippen LogP contribution in [0.2, 0.25) is 0 Å². The molecule has 5 nitrogen and oxygen atoms in total. The molecule has 0 heterocycles. The Morgan fingerprint density at radius 1 is 1.18 bits per heavy atom. The van der Waals surface area contributed by atoms with Gasteiger partial charge in [-0.1, -0.05) is 0 Å². The summed E-state index contributed by atoms with van der Waals surface area (Å²) >= 11 is 6.59. The third kappa shape index (κ3) is 2.54. The largest absolute Gasteiger partial charge is 0.496 e. The molecule has 1 aromatic carbocycles. The van der Waals surface area contributed by atoms with Crippen LogP contribution in [0.1, 0.15) is 36.8 Å². The Labute approximate surface area is 134 Å². The highest BCUT2D eigenvalue weighted by atomic mass is 35.5. The number of fused-ring (bicyclic) bond motifs is 1. The second kappa shape index (κ2) is 6.16.